The predicted octanol–water partition coefficient (Wildman–Crippen LogP) is 2.31. The van der Waals surface area contributed by atoms with Crippen molar-refractivity contribution in [2.24, 2.45) is 0 Å². The smallest absolute Gasteiger partial charge is 0.224 e. The summed E-state index contributed by atoms with van der Waals surface area (Å²) in [5.74, 6) is 0.700. The van der Waals surface area contributed by atoms with Gasteiger partial charge in [0.2, 0.25) is 5.28 Å². The normalized spacial score (nSPS) is 29.5. The Hall–Kier alpha value is -0.920. The molecule has 0 bridgehead atoms. The molecule has 1 aliphatic heterocycles. The third-order valence-corrected chi connectivity index (χ3v) is 8.52. The van der Waals surface area contributed by atoms with Crippen molar-refractivity contribution in [2.75, 3.05) is 18.1 Å². The van der Waals surface area contributed by atoms with Crippen molar-refractivity contribution in [1.82, 2.24) is 9.97 Å². The molecule has 0 radical (unpaired) electrons. The van der Waals surface area contributed by atoms with Crippen LogP contribution in [0.1, 0.15) is 45.2 Å². The van der Waals surface area contributed by atoms with E-state index in [1.165, 1.54) is 0 Å². The Morgan fingerprint density at radius 1 is 1.21 bits per heavy atom. The van der Waals surface area contributed by atoms with Crippen molar-refractivity contribution < 1.29 is 13.2 Å². The van der Waals surface area contributed by atoms with Gasteiger partial charge in [-0.15, -0.1) is 0 Å². The van der Waals surface area contributed by atoms with Crippen LogP contribution < -0.4 is 4.90 Å². The number of aromatic nitrogens is 2. The second-order valence-electron chi connectivity index (χ2n) is 7.26. The maximum absolute atomic E-state index is 12.9. The fraction of sp³-hybridized carbons (Fsp3) is 0.750. The molecule has 6 nitrogen and oxygen atoms in total. The number of rotatable bonds is 4. The van der Waals surface area contributed by atoms with Crippen molar-refractivity contribution in [3.05, 3.63) is 17.0 Å². The van der Waals surface area contributed by atoms with Crippen LogP contribution in [-0.2, 0) is 19.3 Å². The molecular formula is C16H22ClN3O3S. The van der Waals surface area contributed by atoms with Gasteiger partial charge in [-0.1, -0.05) is 0 Å². The first-order valence-electron chi connectivity index (χ1n) is 8.50. The Balaban J connectivity index is 1.75. The molecule has 2 heterocycles. The fourth-order valence-electron chi connectivity index (χ4n) is 3.72. The quantitative estimate of drug-likeness (QED) is 0.756. The monoisotopic (exact) mass is 371 g/mol. The summed E-state index contributed by atoms with van der Waals surface area (Å²) in [6, 6.07) is 2.14. The van der Waals surface area contributed by atoms with Gasteiger partial charge in [-0.3, -0.25) is 0 Å². The van der Waals surface area contributed by atoms with E-state index >= 15 is 0 Å². The lowest BCUT2D eigenvalue weighted by molar-refractivity contribution is 0.0752. The number of anilines is 1. The van der Waals surface area contributed by atoms with Crippen molar-refractivity contribution in [1.29, 1.82) is 0 Å². The van der Waals surface area contributed by atoms with E-state index in [4.69, 9.17) is 16.3 Å². The molecule has 3 fully saturated rings. The summed E-state index contributed by atoms with van der Waals surface area (Å²) in [6.45, 7) is 5.37. The van der Waals surface area contributed by atoms with Gasteiger partial charge in [-0.25, -0.2) is 18.4 Å². The molecule has 1 aromatic heterocycles. The Morgan fingerprint density at radius 3 is 2.38 bits per heavy atom. The first kappa shape index (κ1) is 16.5. The van der Waals surface area contributed by atoms with Gasteiger partial charge < -0.3 is 9.64 Å². The molecule has 1 aromatic rings. The number of nitrogens with zero attached hydrogens (tertiary/aromatic N) is 3. The summed E-state index contributed by atoms with van der Waals surface area (Å²) in [5.41, 5.74) is 0.565. The summed E-state index contributed by atoms with van der Waals surface area (Å²) in [6.07, 6.45) is 2.81. The molecule has 24 heavy (non-hydrogen) atoms. The van der Waals surface area contributed by atoms with E-state index in [1.807, 2.05) is 6.07 Å². The Labute approximate surface area is 147 Å². The first-order valence-corrected chi connectivity index (χ1v) is 10.4. The summed E-state index contributed by atoms with van der Waals surface area (Å²) in [7, 11) is -3.19. The molecule has 2 aliphatic carbocycles. The fourth-order valence-corrected chi connectivity index (χ4v) is 6.36. The standard InChI is InChI=1S/C16H22ClN3O3S/c1-10-8-23-9-11(2)20(10)14-7-13(18-15(17)19-14)16(5-6-16)24(21,22)12-3-4-12/h7,10-12H,3-6,8-9H2,1-2H3/t10-,11-/m0/s1. The number of hydrogen-bond acceptors (Lipinski definition) is 6. The minimum Gasteiger partial charge on any atom is -0.377 e. The molecule has 3 aliphatic rings. The largest absolute Gasteiger partial charge is 0.377 e. The molecule has 0 amide bonds. The molecule has 0 N–H and O–H groups in total. The minimum atomic E-state index is -3.19. The zero-order valence-electron chi connectivity index (χ0n) is 13.9. The van der Waals surface area contributed by atoms with Gasteiger partial charge >= 0.3 is 0 Å². The first-order chi connectivity index (χ1) is 11.3. The van der Waals surface area contributed by atoms with Crippen LogP contribution in [0, 0.1) is 0 Å². The summed E-state index contributed by atoms with van der Waals surface area (Å²) < 4.78 is 30.5. The van der Waals surface area contributed by atoms with Crippen molar-refractivity contribution in [3.63, 3.8) is 0 Å². The molecule has 4 rings (SSSR count). The number of sulfone groups is 1. The van der Waals surface area contributed by atoms with Crippen LogP contribution in [-0.4, -0.2) is 48.9 Å². The van der Waals surface area contributed by atoms with Crippen LogP contribution in [0.25, 0.3) is 0 Å². The highest BCUT2D eigenvalue weighted by Gasteiger charge is 2.61. The summed E-state index contributed by atoms with van der Waals surface area (Å²) >= 11 is 6.17. The van der Waals surface area contributed by atoms with Gasteiger partial charge in [-0.2, -0.15) is 0 Å². The Morgan fingerprint density at radius 2 is 1.83 bits per heavy atom. The van der Waals surface area contributed by atoms with Gasteiger partial charge in [0.15, 0.2) is 9.84 Å². The van der Waals surface area contributed by atoms with Gasteiger partial charge in [-0.05, 0) is 51.1 Å². The molecule has 0 unspecified atom stereocenters. The maximum Gasteiger partial charge on any atom is 0.224 e. The number of ether oxygens (including phenoxy) is 1. The van der Waals surface area contributed by atoms with Gasteiger partial charge in [0.25, 0.3) is 0 Å². The number of morpholine rings is 1. The van der Waals surface area contributed by atoms with Gasteiger partial charge in [0.1, 0.15) is 10.6 Å². The number of hydrogen-bond donors (Lipinski definition) is 0. The van der Waals surface area contributed by atoms with E-state index in [1.54, 1.807) is 0 Å². The molecule has 2 atom stereocenters. The predicted molar refractivity (Wildman–Crippen MR) is 92.1 cm³/mol. The van der Waals surface area contributed by atoms with E-state index in [0.29, 0.717) is 37.6 Å². The lowest BCUT2D eigenvalue weighted by Crippen LogP contribution is -2.50. The van der Waals surface area contributed by atoms with Gasteiger partial charge in [0, 0.05) is 6.07 Å². The summed E-state index contributed by atoms with van der Waals surface area (Å²) in [5, 5.41) is -0.0795. The third-order valence-electron chi connectivity index (χ3n) is 5.30. The van der Waals surface area contributed by atoms with E-state index in [0.717, 1.165) is 12.8 Å². The van der Waals surface area contributed by atoms with Crippen LogP contribution in [0.5, 0.6) is 0 Å². The van der Waals surface area contributed by atoms with Crippen molar-refractivity contribution in [2.45, 2.75) is 61.6 Å². The molecule has 2 saturated carbocycles. The molecule has 0 aromatic carbocycles. The zero-order chi connectivity index (χ0) is 17.1. The molecule has 132 valence electrons. The highest BCUT2D eigenvalue weighted by Crippen LogP contribution is 2.57. The van der Waals surface area contributed by atoms with Crippen molar-refractivity contribution >= 4 is 27.3 Å². The molecule has 0 spiro atoms. The highest BCUT2D eigenvalue weighted by molar-refractivity contribution is 7.93. The molecule has 1 saturated heterocycles. The molecule has 8 heteroatoms. The highest BCUT2D eigenvalue weighted by atomic mass is 35.5. The number of halogens is 1. The van der Waals surface area contributed by atoms with Crippen LogP contribution in [0.3, 0.4) is 0 Å². The van der Waals surface area contributed by atoms with E-state index in [2.05, 4.69) is 28.7 Å². The van der Waals surface area contributed by atoms with E-state index in [-0.39, 0.29) is 22.6 Å². The van der Waals surface area contributed by atoms with Crippen LogP contribution in [0.15, 0.2) is 6.07 Å². The van der Waals surface area contributed by atoms with Crippen molar-refractivity contribution in [3.8, 4) is 0 Å². The average molecular weight is 372 g/mol. The van der Waals surface area contributed by atoms with Crippen LogP contribution in [0.2, 0.25) is 5.28 Å². The lowest BCUT2D eigenvalue weighted by Gasteiger charge is -2.39. The van der Waals surface area contributed by atoms with E-state index in [9.17, 15) is 8.42 Å². The maximum atomic E-state index is 12.9. The average Bonchev–Trinajstić information content (AvgIpc) is 3.38. The second kappa shape index (κ2) is 5.54. The van der Waals surface area contributed by atoms with E-state index < -0.39 is 14.6 Å². The van der Waals surface area contributed by atoms with Gasteiger partial charge in [0.05, 0.1) is 36.2 Å². The van der Waals surface area contributed by atoms with Crippen LogP contribution in [0.4, 0.5) is 5.82 Å². The topological polar surface area (TPSA) is 72.4 Å². The SMILES string of the molecule is C[C@H]1COC[C@H](C)N1c1cc(C2(S(=O)(=O)C3CC3)CC2)nc(Cl)n1. The second-order valence-corrected chi connectivity index (χ2v) is 10.1. The molecular weight excluding hydrogens is 350 g/mol. The van der Waals surface area contributed by atoms with Crippen LogP contribution >= 0.6 is 11.6 Å². The third kappa shape index (κ3) is 2.52. The minimum absolute atomic E-state index is 0.116. The Kier molecular flexibility index (Phi) is 3.82. The summed E-state index contributed by atoms with van der Waals surface area (Å²) in [4.78, 5) is 10.8. The Bertz CT molecular complexity index is 752. The zero-order valence-corrected chi connectivity index (χ0v) is 15.5. The lowest BCUT2D eigenvalue weighted by atomic mass is 10.1.